The molecule has 0 N–H and O–H groups in total. The summed E-state index contributed by atoms with van der Waals surface area (Å²) in [5.41, 5.74) is 0. The van der Waals surface area contributed by atoms with Crippen molar-refractivity contribution in [1.82, 2.24) is 0 Å². The third-order valence-corrected chi connectivity index (χ3v) is 4.48. The van der Waals surface area contributed by atoms with Crippen LogP contribution in [0.4, 0.5) is 0 Å². The molecule has 16 heavy (non-hydrogen) atoms. The van der Waals surface area contributed by atoms with Crippen molar-refractivity contribution in [2.24, 2.45) is 0 Å². The Balaban J connectivity index is 2.63. The van der Waals surface area contributed by atoms with E-state index in [0.717, 1.165) is 20.2 Å². The van der Waals surface area contributed by atoms with Gasteiger partial charge in [-0.25, -0.2) is 8.42 Å². The van der Waals surface area contributed by atoms with Crippen LogP contribution in [0.3, 0.4) is 0 Å². The van der Waals surface area contributed by atoms with Crippen molar-refractivity contribution in [2.45, 2.75) is 4.90 Å². The van der Waals surface area contributed by atoms with E-state index in [1.165, 1.54) is 0 Å². The van der Waals surface area contributed by atoms with Crippen molar-refractivity contribution in [3.8, 4) is 0 Å². The zero-order valence-electron chi connectivity index (χ0n) is 8.21. The number of benzene rings is 2. The minimum Gasteiger partial charge on any atom is -0.227 e. The topological polar surface area (TPSA) is 34.1 Å². The summed E-state index contributed by atoms with van der Waals surface area (Å²) < 4.78 is 24.5. The van der Waals surface area contributed by atoms with Gasteiger partial charge in [-0.3, -0.25) is 0 Å². The van der Waals surface area contributed by atoms with Gasteiger partial charge in [0.05, 0.1) is 4.90 Å². The predicted molar refractivity (Wildman–Crippen MR) is 67.9 cm³/mol. The first-order valence-electron chi connectivity index (χ1n) is 4.82. The van der Waals surface area contributed by atoms with Gasteiger partial charge in [0.15, 0.2) is 10.7 Å². The molecular weight excluding hydrogens is 240 g/mol. The van der Waals surface area contributed by atoms with Crippen LogP contribution in [0.5, 0.6) is 0 Å². The number of fused-ring (bicyclic) bond motifs is 3. The molecule has 0 aliphatic heterocycles. The summed E-state index contributed by atoms with van der Waals surface area (Å²) in [6.07, 6.45) is 0. The maximum absolute atomic E-state index is 11.2. The van der Waals surface area contributed by atoms with Crippen LogP contribution in [0.1, 0.15) is 0 Å². The highest BCUT2D eigenvalue weighted by molar-refractivity contribution is 7.72. The van der Waals surface area contributed by atoms with Crippen LogP contribution < -0.4 is 0 Å². The van der Waals surface area contributed by atoms with E-state index in [9.17, 15) is 8.42 Å². The van der Waals surface area contributed by atoms with Gasteiger partial charge >= 0.3 is 0 Å². The van der Waals surface area contributed by atoms with Crippen LogP contribution in [-0.2, 0) is 10.7 Å². The zero-order valence-corrected chi connectivity index (χ0v) is 9.92. The van der Waals surface area contributed by atoms with E-state index in [1.807, 2.05) is 30.3 Å². The van der Waals surface area contributed by atoms with E-state index in [4.69, 9.17) is 0 Å². The number of thiol groups is 1. The molecule has 0 unspecified atom stereocenters. The average Bonchev–Trinajstić information content (AvgIpc) is 2.66. The maximum Gasteiger partial charge on any atom is 0.168 e. The standard InChI is InChI=1S/C12H8O2S2/c13-16(14)11-7-3-6-10-12(11)8-4-1-2-5-9(8)15-10/h1-7,16H. The second-order valence-corrected chi connectivity index (χ2v) is 5.59. The first-order valence-corrected chi connectivity index (χ1v) is 6.81. The summed E-state index contributed by atoms with van der Waals surface area (Å²) in [6, 6.07) is 13.3. The summed E-state index contributed by atoms with van der Waals surface area (Å²) in [6.45, 7) is 0. The maximum atomic E-state index is 11.2. The molecule has 0 amide bonds. The van der Waals surface area contributed by atoms with Crippen molar-refractivity contribution in [3.63, 3.8) is 0 Å². The molecule has 1 aromatic heterocycles. The van der Waals surface area contributed by atoms with Crippen molar-refractivity contribution >= 4 is 42.2 Å². The number of thiophene rings is 1. The van der Waals surface area contributed by atoms with Crippen molar-refractivity contribution in [2.75, 3.05) is 0 Å². The third kappa shape index (κ3) is 1.34. The van der Waals surface area contributed by atoms with Crippen molar-refractivity contribution < 1.29 is 8.42 Å². The minimum absolute atomic E-state index is 0.421. The lowest BCUT2D eigenvalue weighted by Gasteiger charge is -1.95. The molecule has 0 bridgehead atoms. The van der Waals surface area contributed by atoms with Crippen LogP contribution in [0, 0.1) is 0 Å². The van der Waals surface area contributed by atoms with Gasteiger partial charge in [-0.05, 0) is 18.2 Å². The fraction of sp³-hybridized carbons (Fsp3) is 0. The highest BCUT2D eigenvalue weighted by Gasteiger charge is 2.09. The number of hydrogen-bond donors (Lipinski definition) is 1. The van der Waals surface area contributed by atoms with E-state index in [0.29, 0.717) is 4.90 Å². The first kappa shape index (κ1) is 9.81. The molecule has 0 aliphatic rings. The Morgan fingerprint density at radius 3 is 2.44 bits per heavy atom. The van der Waals surface area contributed by atoms with Crippen LogP contribution in [0.25, 0.3) is 20.2 Å². The molecule has 0 radical (unpaired) electrons. The summed E-state index contributed by atoms with van der Waals surface area (Å²) in [7, 11) is -2.54. The summed E-state index contributed by atoms with van der Waals surface area (Å²) in [5, 5.41) is 1.89. The normalized spacial score (nSPS) is 11.6. The molecule has 2 nitrogen and oxygen atoms in total. The minimum atomic E-state index is -2.54. The van der Waals surface area contributed by atoms with Crippen LogP contribution in [-0.4, -0.2) is 8.42 Å². The van der Waals surface area contributed by atoms with Crippen molar-refractivity contribution in [1.29, 1.82) is 0 Å². The van der Waals surface area contributed by atoms with Crippen LogP contribution >= 0.6 is 11.3 Å². The smallest absolute Gasteiger partial charge is 0.168 e. The quantitative estimate of drug-likeness (QED) is 0.672. The lowest BCUT2D eigenvalue weighted by Crippen LogP contribution is -1.80. The molecule has 3 aromatic rings. The van der Waals surface area contributed by atoms with Gasteiger partial charge in [0.1, 0.15) is 0 Å². The Hall–Kier alpha value is -1.39. The Kier molecular flexibility index (Phi) is 2.19. The molecule has 0 spiro atoms. The molecule has 0 saturated heterocycles. The molecule has 4 heteroatoms. The molecule has 2 aromatic carbocycles. The molecule has 0 saturated carbocycles. The monoisotopic (exact) mass is 248 g/mol. The first-order chi connectivity index (χ1) is 7.77. The second kappa shape index (κ2) is 3.57. The molecule has 0 fully saturated rings. The Labute approximate surface area is 98.1 Å². The van der Waals surface area contributed by atoms with Crippen LogP contribution in [0.15, 0.2) is 47.4 Å². The predicted octanol–water partition coefficient (Wildman–Crippen LogP) is 3.02. The SMILES string of the molecule is O=[SH](=O)c1cccc2sc3ccccc3c12. The van der Waals surface area contributed by atoms with Gasteiger partial charge in [0.25, 0.3) is 0 Å². The molecule has 3 rings (SSSR count). The number of hydrogen-bond acceptors (Lipinski definition) is 3. The van der Waals surface area contributed by atoms with Gasteiger partial charge in [-0.1, -0.05) is 24.3 Å². The van der Waals surface area contributed by atoms with E-state index in [-0.39, 0.29) is 0 Å². The highest BCUT2D eigenvalue weighted by Crippen LogP contribution is 2.36. The lowest BCUT2D eigenvalue weighted by molar-refractivity contribution is 0.615. The molecule has 0 aliphatic carbocycles. The zero-order chi connectivity index (χ0) is 11.1. The van der Waals surface area contributed by atoms with Gasteiger partial charge in [0, 0.05) is 20.2 Å². The van der Waals surface area contributed by atoms with E-state index >= 15 is 0 Å². The number of rotatable bonds is 1. The van der Waals surface area contributed by atoms with E-state index < -0.39 is 10.7 Å². The summed E-state index contributed by atoms with van der Waals surface area (Å²) in [5.74, 6) is 0. The average molecular weight is 248 g/mol. The van der Waals surface area contributed by atoms with Crippen molar-refractivity contribution in [3.05, 3.63) is 42.5 Å². The summed E-state index contributed by atoms with van der Waals surface area (Å²) >= 11 is 1.63. The Morgan fingerprint density at radius 1 is 0.875 bits per heavy atom. The van der Waals surface area contributed by atoms with E-state index in [1.54, 1.807) is 23.5 Å². The van der Waals surface area contributed by atoms with E-state index in [2.05, 4.69) is 0 Å². The fourth-order valence-corrected chi connectivity index (χ4v) is 3.75. The summed E-state index contributed by atoms with van der Waals surface area (Å²) in [4.78, 5) is 0.421. The Morgan fingerprint density at radius 2 is 1.62 bits per heavy atom. The third-order valence-electron chi connectivity index (χ3n) is 2.58. The Bertz CT molecular complexity index is 746. The van der Waals surface area contributed by atoms with Gasteiger partial charge in [-0.2, -0.15) is 0 Å². The molecule has 1 heterocycles. The fourth-order valence-electron chi connectivity index (χ4n) is 1.91. The largest absolute Gasteiger partial charge is 0.227 e. The lowest BCUT2D eigenvalue weighted by atomic mass is 10.1. The molecular formula is C12H8O2S2. The second-order valence-electron chi connectivity index (χ2n) is 3.51. The van der Waals surface area contributed by atoms with Crippen LogP contribution in [0.2, 0.25) is 0 Å². The van der Waals surface area contributed by atoms with Gasteiger partial charge in [0.2, 0.25) is 0 Å². The van der Waals surface area contributed by atoms with Gasteiger partial charge < -0.3 is 0 Å². The van der Waals surface area contributed by atoms with Gasteiger partial charge in [-0.15, -0.1) is 11.3 Å². The molecule has 80 valence electrons. The highest BCUT2D eigenvalue weighted by atomic mass is 32.2. The molecule has 0 atom stereocenters.